The van der Waals surface area contributed by atoms with Crippen LogP contribution in [0.2, 0.25) is 0 Å². The first-order chi connectivity index (χ1) is 18.5. The van der Waals surface area contributed by atoms with Gasteiger partial charge in [0.2, 0.25) is 0 Å². The molecule has 0 N–H and O–H groups in total. The molecule has 38 heavy (non-hydrogen) atoms. The lowest BCUT2D eigenvalue weighted by Gasteiger charge is -2.40. The van der Waals surface area contributed by atoms with Crippen LogP contribution < -0.4 is 9.47 Å². The Morgan fingerprint density at radius 1 is 0.921 bits per heavy atom. The van der Waals surface area contributed by atoms with E-state index in [0.29, 0.717) is 18.0 Å². The van der Waals surface area contributed by atoms with Crippen LogP contribution in [0.15, 0.2) is 48.5 Å². The molecular formula is C31H41N3O4. The van der Waals surface area contributed by atoms with E-state index in [4.69, 9.17) is 9.47 Å². The van der Waals surface area contributed by atoms with Crippen LogP contribution in [0.4, 0.5) is 0 Å². The molecule has 0 spiro atoms. The fourth-order valence-corrected chi connectivity index (χ4v) is 6.13. The summed E-state index contributed by atoms with van der Waals surface area (Å²) in [7, 11) is 3.55. The third kappa shape index (κ3) is 6.05. The number of rotatable bonds is 8. The molecule has 0 bridgehead atoms. The van der Waals surface area contributed by atoms with Crippen LogP contribution in [0, 0.1) is 5.92 Å². The zero-order chi connectivity index (χ0) is 26.5. The molecule has 2 fully saturated rings. The molecule has 1 saturated carbocycles. The lowest BCUT2D eigenvalue weighted by atomic mass is 9.77. The fraction of sp³-hybridized carbons (Fsp3) is 0.548. The maximum atomic E-state index is 13.9. The van der Waals surface area contributed by atoms with E-state index in [9.17, 15) is 9.59 Å². The SMILES string of the molecule is CN(C)C(=O)c1ccccc1C(CCN1CCN(C2COc3ccccc3O2)CC1)C(=O)C1CCCCC1. The van der Waals surface area contributed by atoms with Crippen LogP contribution in [0.25, 0.3) is 0 Å². The average molecular weight is 520 g/mol. The molecule has 0 radical (unpaired) electrons. The van der Waals surface area contributed by atoms with Gasteiger partial charge in [-0.25, -0.2) is 0 Å². The van der Waals surface area contributed by atoms with Crippen molar-refractivity contribution >= 4 is 11.7 Å². The summed E-state index contributed by atoms with van der Waals surface area (Å²) in [5.74, 6) is 1.77. The number of nitrogens with zero attached hydrogens (tertiary/aromatic N) is 3. The zero-order valence-corrected chi connectivity index (χ0v) is 22.8. The highest BCUT2D eigenvalue weighted by molar-refractivity contribution is 5.98. The van der Waals surface area contributed by atoms with Gasteiger partial charge in [-0.1, -0.05) is 49.6 Å². The summed E-state index contributed by atoms with van der Waals surface area (Å²) < 4.78 is 12.1. The molecular weight excluding hydrogens is 478 g/mol. The van der Waals surface area contributed by atoms with E-state index in [2.05, 4.69) is 9.80 Å². The van der Waals surface area contributed by atoms with Crippen LogP contribution >= 0.6 is 0 Å². The third-order valence-electron chi connectivity index (χ3n) is 8.37. The number of amides is 1. The van der Waals surface area contributed by atoms with Crippen LogP contribution in [0.3, 0.4) is 0 Å². The molecule has 2 aliphatic heterocycles. The van der Waals surface area contributed by atoms with Crippen molar-refractivity contribution in [1.29, 1.82) is 0 Å². The molecule has 7 heteroatoms. The summed E-state index contributed by atoms with van der Waals surface area (Å²) in [4.78, 5) is 33.3. The second kappa shape index (κ2) is 12.3. The van der Waals surface area contributed by atoms with Gasteiger partial charge in [-0.15, -0.1) is 0 Å². The molecule has 3 aliphatic rings. The van der Waals surface area contributed by atoms with Crippen molar-refractivity contribution in [3.8, 4) is 11.5 Å². The van der Waals surface area contributed by atoms with Gasteiger partial charge >= 0.3 is 0 Å². The molecule has 2 aromatic carbocycles. The Labute approximate surface area is 226 Å². The Morgan fingerprint density at radius 2 is 1.61 bits per heavy atom. The average Bonchev–Trinajstić information content (AvgIpc) is 2.97. The molecule has 2 aromatic rings. The second-order valence-corrected chi connectivity index (χ2v) is 11.1. The van der Waals surface area contributed by atoms with Gasteiger partial charge in [-0.2, -0.15) is 0 Å². The maximum absolute atomic E-state index is 13.9. The van der Waals surface area contributed by atoms with E-state index in [1.54, 1.807) is 19.0 Å². The van der Waals surface area contributed by atoms with Crippen LogP contribution in [-0.4, -0.2) is 86.0 Å². The molecule has 7 nitrogen and oxygen atoms in total. The summed E-state index contributed by atoms with van der Waals surface area (Å²) in [6.07, 6.45) is 6.09. The molecule has 2 atom stereocenters. The molecule has 1 aliphatic carbocycles. The number of benzene rings is 2. The van der Waals surface area contributed by atoms with Gasteiger partial charge in [0.1, 0.15) is 12.4 Å². The number of ketones is 1. The first-order valence-corrected chi connectivity index (χ1v) is 14.2. The number of fused-ring (bicyclic) bond motifs is 1. The first kappa shape index (κ1) is 26.7. The number of carbonyl (C=O) groups is 2. The van der Waals surface area contributed by atoms with E-state index in [1.807, 2.05) is 48.5 Å². The number of carbonyl (C=O) groups excluding carboxylic acids is 2. The van der Waals surface area contributed by atoms with Gasteiger partial charge in [-0.3, -0.25) is 14.5 Å². The highest BCUT2D eigenvalue weighted by Crippen LogP contribution is 2.35. The monoisotopic (exact) mass is 519 g/mol. The zero-order valence-electron chi connectivity index (χ0n) is 22.8. The number of Topliss-reactive ketones (excluding diaryl/α,β-unsaturated/α-hetero) is 1. The highest BCUT2D eigenvalue weighted by atomic mass is 16.6. The second-order valence-electron chi connectivity index (χ2n) is 11.1. The normalized spacial score (nSPS) is 21.6. The first-order valence-electron chi connectivity index (χ1n) is 14.2. The van der Waals surface area contributed by atoms with E-state index in [1.165, 1.54) is 6.42 Å². The van der Waals surface area contributed by atoms with E-state index < -0.39 is 0 Å². The molecule has 2 unspecified atom stereocenters. The Hall–Kier alpha value is -2.90. The van der Waals surface area contributed by atoms with Gasteiger partial charge < -0.3 is 19.3 Å². The number of piperazine rings is 1. The molecule has 1 amide bonds. The largest absolute Gasteiger partial charge is 0.484 e. The highest BCUT2D eigenvalue weighted by Gasteiger charge is 2.33. The molecule has 0 aromatic heterocycles. The molecule has 5 rings (SSSR count). The standard InChI is InChI=1S/C31H41N3O4/c1-32(2)31(36)26-13-7-6-12-24(26)25(30(35)23-10-4-3-5-11-23)16-17-33-18-20-34(21-19-33)29-22-37-27-14-8-9-15-28(27)38-29/h6-9,12-15,23,25,29H,3-5,10-11,16-22H2,1-2H3. The van der Waals surface area contributed by atoms with Crippen LogP contribution in [0.5, 0.6) is 11.5 Å². The number of para-hydroxylation sites is 2. The lowest BCUT2D eigenvalue weighted by Crippen LogP contribution is -2.54. The predicted octanol–water partition coefficient (Wildman–Crippen LogP) is 4.43. The van der Waals surface area contributed by atoms with Crippen molar-refractivity contribution in [2.24, 2.45) is 5.92 Å². The number of hydrogen-bond donors (Lipinski definition) is 0. The van der Waals surface area contributed by atoms with E-state index >= 15 is 0 Å². The van der Waals surface area contributed by atoms with Gasteiger partial charge in [0.25, 0.3) is 5.91 Å². The summed E-state index contributed by atoms with van der Waals surface area (Å²) >= 11 is 0. The van der Waals surface area contributed by atoms with Crippen LogP contribution in [-0.2, 0) is 4.79 Å². The topological polar surface area (TPSA) is 62.3 Å². The van der Waals surface area contributed by atoms with Crippen molar-refractivity contribution in [2.75, 3.05) is 53.4 Å². The van der Waals surface area contributed by atoms with Gasteiger partial charge in [-0.05, 0) is 49.6 Å². The van der Waals surface area contributed by atoms with Gasteiger partial charge in [0.15, 0.2) is 17.7 Å². The quantitative estimate of drug-likeness (QED) is 0.514. The Kier molecular flexibility index (Phi) is 8.65. The number of ether oxygens (including phenoxy) is 2. The minimum atomic E-state index is -0.247. The Bertz CT molecular complexity index is 1110. The smallest absolute Gasteiger partial charge is 0.253 e. The molecule has 204 valence electrons. The van der Waals surface area contributed by atoms with E-state index in [0.717, 1.165) is 81.9 Å². The predicted molar refractivity (Wildman–Crippen MR) is 148 cm³/mol. The summed E-state index contributed by atoms with van der Waals surface area (Å²) in [6.45, 7) is 5.01. The number of hydrogen-bond acceptors (Lipinski definition) is 6. The minimum absolute atomic E-state index is 0.0352. The summed E-state index contributed by atoms with van der Waals surface area (Å²) in [6, 6.07) is 15.6. The Morgan fingerprint density at radius 3 is 2.34 bits per heavy atom. The molecule has 2 heterocycles. The van der Waals surface area contributed by atoms with Crippen molar-refractivity contribution in [2.45, 2.75) is 50.7 Å². The van der Waals surface area contributed by atoms with Gasteiger partial charge in [0, 0.05) is 57.7 Å². The van der Waals surface area contributed by atoms with Crippen LogP contribution in [0.1, 0.15) is 60.4 Å². The summed E-state index contributed by atoms with van der Waals surface area (Å²) in [5, 5.41) is 0. The van der Waals surface area contributed by atoms with Crippen molar-refractivity contribution in [3.63, 3.8) is 0 Å². The van der Waals surface area contributed by atoms with Crippen molar-refractivity contribution in [1.82, 2.24) is 14.7 Å². The third-order valence-corrected chi connectivity index (χ3v) is 8.37. The van der Waals surface area contributed by atoms with Crippen molar-refractivity contribution < 1.29 is 19.1 Å². The fourth-order valence-electron chi connectivity index (χ4n) is 6.13. The maximum Gasteiger partial charge on any atom is 0.253 e. The summed E-state index contributed by atoms with van der Waals surface area (Å²) in [5.41, 5.74) is 1.55. The Balaban J connectivity index is 1.24. The molecule has 1 saturated heterocycles. The van der Waals surface area contributed by atoms with Crippen molar-refractivity contribution in [3.05, 3.63) is 59.7 Å². The minimum Gasteiger partial charge on any atom is -0.484 e. The van der Waals surface area contributed by atoms with Gasteiger partial charge in [0.05, 0.1) is 0 Å². The van der Waals surface area contributed by atoms with E-state index in [-0.39, 0.29) is 24.0 Å². The lowest BCUT2D eigenvalue weighted by molar-refractivity contribution is -0.125.